The predicted molar refractivity (Wildman–Crippen MR) is 82.1 cm³/mol. The number of Topliss-reactive ketones (excluding diaryl/α,β-unsaturated/α-hetero) is 1. The van der Waals surface area contributed by atoms with Crippen molar-refractivity contribution < 1.29 is 19.1 Å². The number of carboxylic acids is 1. The molecule has 0 heterocycles. The van der Waals surface area contributed by atoms with Gasteiger partial charge in [-0.15, -0.1) is 0 Å². The van der Waals surface area contributed by atoms with E-state index in [0.717, 1.165) is 18.4 Å². The Hall–Kier alpha value is -1.71. The number of halogens is 1. The fourth-order valence-corrected chi connectivity index (χ4v) is 4.13. The smallest absolute Gasteiger partial charge is 0.304 e. The normalized spacial score (nSPS) is 28.6. The summed E-state index contributed by atoms with van der Waals surface area (Å²) in [4.78, 5) is 23.5. The lowest BCUT2D eigenvalue weighted by atomic mass is 9.54. The molecule has 22 heavy (non-hydrogen) atoms. The summed E-state index contributed by atoms with van der Waals surface area (Å²) >= 11 is 0. The van der Waals surface area contributed by atoms with Crippen LogP contribution in [-0.2, 0) is 15.0 Å². The van der Waals surface area contributed by atoms with Gasteiger partial charge >= 0.3 is 5.97 Å². The lowest BCUT2D eigenvalue weighted by Crippen LogP contribution is -2.48. The molecular formula is C18H23FO3. The van der Waals surface area contributed by atoms with Gasteiger partial charge in [-0.3, -0.25) is 9.59 Å². The Morgan fingerprint density at radius 1 is 1.32 bits per heavy atom. The molecule has 1 aromatic rings. The Morgan fingerprint density at radius 2 is 1.95 bits per heavy atom. The minimum atomic E-state index is -0.869. The number of rotatable bonds is 5. The Kier molecular flexibility index (Phi) is 4.99. The summed E-state index contributed by atoms with van der Waals surface area (Å²) in [5, 5.41) is 9.46. The number of carboxylic acid groups (broad SMARTS) is 1. The zero-order chi connectivity index (χ0) is 16.3. The molecule has 1 aliphatic rings. The van der Waals surface area contributed by atoms with E-state index in [9.17, 15) is 19.1 Å². The first kappa shape index (κ1) is 16.7. The lowest BCUT2D eigenvalue weighted by Gasteiger charge is -2.48. The zero-order valence-corrected chi connectivity index (χ0v) is 13.1. The van der Waals surface area contributed by atoms with Crippen LogP contribution in [0.2, 0.25) is 0 Å². The maximum absolute atomic E-state index is 13.3. The van der Waals surface area contributed by atoms with Crippen molar-refractivity contribution in [2.75, 3.05) is 0 Å². The molecule has 0 saturated heterocycles. The van der Waals surface area contributed by atoms with E-state index in [0.29, 0.717) is 12.8 Å². The molecule has 3 atom stereocenters. The molecule has 0 aromatic heterocycles. The average Bonchev–Trinajstić information content (AvgIpc) is 2.43. The summed E-state index contributed by atoms with van der Waals surface area (Å²) in [7, 11) is 0. The maximum Gasteiger partial charge on any atom is 0.304 e. The number of benzene rings is 1. The number of ketones is 1. The molecule has 2 unspecified atom stereocenters. The van der Waals surface area contributed by atoms with Crippen LogP contribution in [-0.4, -0.2) is 16.9 Å². The quantitative estimate of drug-likeness (QED) is 0.896. The van der Waals surface area contributed by atoms with Gasteiger partial charge in [0.25, 0.3) is 0 Å². The van der Waals surface area contributed by atoms with Gasteiger partial charge in [-0.05, 0) is 36.0 Å². The third-order valence-electron chi connectivity index (χ3n) is 5.08. The van der Waals surface area contributed by atoms with Crippen molar-refractivity contribution in [3.8, 4) is 0 Å². The van der Waals surface area contributed by atoms with Crippen LogP contribution in [0.15, 0.2) is 24.3 Å². The van der Waals surface area contributed by atoms with Gasteiger partial charge < -0.3 is 5.11 Å². The van der Waals surface area contributed by atoms with Crippen molar-refractivity contribution >= 4 is 11.8 Å². The standard InChI is InChI=1S/C18H23FO3/c1-3-4-14-10-16(20)9-12(2)18(14,11-17(21)22)13-5-7-15(19)8-6-13/h5-8,12,14H,3-4,9-11H2,1-2H3,(H,21,22)/t12?,14?,18-/m0/s1. The fraction of sp³-hybridized carbons (Fsp3) is 0.556. The Labute approximate surface area is 130 Å². The van der Waals surface area contributed by atoms with Crippen LogP contribution in [0.25, 0.3) is 0 Å². The van der Waals surface area contributed by atoms with Gasteiger partial charge in [-0.2, -0.15) is 0 Å². The fourth-order valence-electron chi connectivity index (χ4n) is 4.13. The zero-order valence-electron chi connectivity index (χ0n) is 13.1. The molecule has 2 rings (SSSR count). The van der Waals surface area contributed by atoms with Crippen molar-refractivity contribution in [2.24, 2.45) is 11.8 Å². The molecule has 3 nitrogen and oxygen atoms in total. The molecule has 0 aliphatic heterocycles. The third kappa shape index (κ3) is 3.06. The lowest BCUT2D eigenvalue weighted by molar-refractivity contribution is -0.142. The summed E-state index contributed by atoms with van der Waals surface area (Å²) in [5.74, 6) is -1.07. The van der Waals surface area contributed by atoms with Gasteiger partial charge in [0.15, 0.2) is 0 Å². The molecule has 0 amide bonds. The number of carbonyl (C=O) groups excluding carboxylic acids is 1. The first-order chi connectivity index (χ1) is 10.4. The molecule has 1 fully saturated rings. The van der Waals surface area contributed by atoms with Crippen molar-refractivity contribution in [2.45, 2.75) is 51.4 Å². The van der Waals surface area contributed by atoms with E-state index in [4.69, 9.17) is 0 Å². The topological polar surface area (TPSA) is 54.4 Å². The van der Waals surface area contributed by atoms with Crippen molar-refractivity contribution in [1.82, 2.24) is 0 Å². The average molecular weight is 306 g/mol. The third-order valence-corrected chi connectivity index (χ3v) is 5.08. The summed E-state index contributed by atoms with van der Waals surface area (Å²) in [6.45, 7) is 3.99. The molecule has 1 N–H and O–H groups in total. The molecular weight excluding hydrogens is 283 g/mol. The highest BCUT2D eigenvalue weighted by molar-refractivity contribution is 5.81. The largest absolute Gasteiger partial charge is 0.481 e. The summed E-state index contributed by atoms with van der Waals surface area (Å²) < 4.78 is 13.3. The maximum atomic E-state index is 13.3. The van der Waals surface area contributed by atoms with Crippen LogP contribution < -0.4 is 0 Å². The van der Waals surface area contributed by atoms with E-state index in [1.807, 2.05) is 13.8 Å². The summed E-state index contributed by atoms with van der Waals surface area (Å²) in [5.41, 5.74) is 0.249. The number of carbonyl (C=O) groups is 2. The highest BCUT2D eigenvalue weighted by Crippen LogP contribution is 2.50. The van der Waals surface area contributed by atoms with Gasteiger partial charge in [0, 0.05) is 18.3 Å². The van der Waals surface area contributed by atoms with Crippen molar-refractivity contribution in [3.63, 3.8) is 0 Å². The Balaban J connectivity index is 2.55. The number of hydrogen-bond acceptors (Lipinski definition) is 2. The van der Waals surface area contributed by atoms with Crippen LogP contribution in [0.5, 0.6) is 0 Å². The van der Waals surface area contributed by atoms with Gasteiger partial charge in [0.2, 0.25) is 0 Å². The molecule has 120 valence electrons. The van der Waals surface area contributed by atoms with E-state index >= 15 is 0 Å². The van der Waals surface area contributed by atoms with E-state index in [1.54, 1.807) is 12.1 Å². The first-order valence-corrected chi connectivity index (χ1v) is 7.89. The predicted octanol–water partition coefficient (Wildman–Crippen LogP) is 3.95. The molecule has 0 bridgehead atoms. The van der Waals surface area contributed by atoms with Gasteiger partial charge in [-0.1, -0.05) is 32.4 Å². The molecule has 1 aromatic carbocycles. The molecule has 4 heteroatoms. The van der Waals surface area contributed by atoms with Crippen molar-refractivity contribution in [3.05, 3.63) is 35.6 Å². The van der Waals surface area contributed by atoms with E-state index in [1.165, 1.54) is 12.1 Å². The van der Waals surface area contributed by atoms with Crippen LogP contribution in [0.1, 0.15) is 51.5 Å². The number of hydrogen-bond donors (Lipinski definition) is 1. The van der Waals surface area contributed by atoms with Crippen LogP contribution in [0.4, 0.5) is 4.39 Å². The molecule has 1 saturated carbocycles. The summed E-state index contributed by atoms with van der Waals surface area (Å²) in [6.07, 6.45) is 2.50. The molecule has 0 radical (unpaired) electrons. The highest BCUT2D eigenvalue weighted by Gasteiger charge is 2.49. The van der Waals surface area contributed by atoms with Crippen LogP contribution >= 0.6 is 0 Å². The van der Waals surface area contributed by atoms with Gasteiger partial charge in [-0.25, -0.2) is 4.39 Å². The van der Waals surface area contributed by atoms with Gasteiger partial charge in [0.05, 0.1) is 6.42 Å². The Morgan fingerprint density at radius 3 is 2.50 bits per heavy atom. The summed E-state index contributed by atoms with van der Waals surface area (Å²) in [6, 6.07) is 6.14. The van der Waals surface area contributed by atoms with Crippen LogP contribution in [0, 0.1) is 17.7 Å². The van der Waals surface area contributed by atoms with Crippen LogP contribution in [0.3, 0.4) is 0 Å². The van der Waals surface area contributed by atoms with E-state index < -0.39 is 11.4 Å². The molecule has 1 aliphatic carbocycles. The monoisotopic (exact) mass is 306 g/mol. The minimum absolute atomic E-state index is 0.00434. The number of aliphatic carboxylic acids is 1. The second-order valence-corrected chi connectivity index (χ2v) is 6.45. The second-order valence-electron chi connectivity index (χ2n) is 6.45. The Bertz CT molecular complexity index is 552. The van der Waals surface area contributed by atoms with E-state index in [2.05, 4.69) is 0 Å². The van der Waals surface area contributed by atoms with Crippen molar-refractivity contribution in [1.29, 1.82) is 0 Å². The van der Waals surface area contributed by atoms with Gasteiger partial charge in [0.1, 0.15) is 11.6 Å². The van der Waals surface area contributed by atoms with E-state index in [-0.39, 0.29) is 29.9 Å². The highest BCUT2D eigenvalue weighted by atomic mass is 19.1. The SMILES string of the molecule is CCCC1CC(=O)CC(C)[C@@]1(CC(=O)O)c1ccc(F)cc1. The minimum Gasteiger partial charge on any atom is -0.481 e. The second kappa shape index (κ2) is 6.59. The molecule has 0 spiro atoms. The first-order valence-electron chi connectivity index (χ1n) is 7.89.